The number of nitriles is 1. The summed E-state index contributed by atoms with van der Waals surface area (Å²) in [4.78, 5) is 12.1. The standard InChI is InChI=1S/C14H22N2O2/c15-8-5-11-1-3-13(4-2-11)16-14(17)12-6-9-18-10-7-12/h11-13H,1-7,9-10H2,(H,16,17). The number of hydrogen-bond acceptors (Lipinski definition) is 3. The van der Waals surface area contributed by atoms with Crippen LogP contribution >= 0.6 is 0 Å². The van der Waals surface area contributed by atoms with E-state index in [0.717, 1.165) is 38.5 Å². The van der Waals surface area contributed by atoms with Crippen molar-refractivity contribution in [1.82, 2.24) is 5.32 Å². The van der Waals surface area contributed by atoms with Crippen LogP contribution < -0.4 is 5.32 Å². The zero-order chi connectivity index (χ0) is 12.8. The third-order valence-electron chi connectivity index (χ3n) is 4.17. The maximum Gasteiger partial charge on any atom is 0.223 e. The molecule has 1 N–H and O–H groups in total. The average Bonchev–Trinajstić information content (AvgIpc) is 2.42. The van der Waals surface area contributed by atoms with Crippen molar-refractivity contribution in [2.24, 2.45) is 11.8 Å². The van der Waals surface area contributed by atoms with E-state index < -0.39 is 0 Å². The minimum atomic E-state index is 0.149. The second-order valence-corrected chi connectivity index (χ2v) is 5.48. The summed E-state index contributed by atoms with van der Waals surface area (Å²) in [7, 11) is 0. The molecule has 1 amide bonds. The van der Waals surface area contributed by atoms with Crippen molar-refractivity contribution in [3.05, 3.63) is 0 Å². The summed E-state index contributed by atoms with van der Waals surface area (Å²) >= 11 is 0. The van der Waals surface area contributed by atoms with Gasteiger partial charge in [-0.05, 0) is 44.4 Å². The van der Waals surface area contributed by atoms with Gasteiger partial charge in [0.1, 0.15) is 0 Å². The Morgan fingerprint density at radius 1 is 1.17 bits per heavy atom. The quantitative estimate of drug-likeness (QED) is 0.833. The number of ether oxygens (including phenoxy) is 1. The molecule has 4 heteroatoms. The minimum absolute atomic E-state index is 0.149. The Labute approximate surface area is 109 Å². The third-order valence-corrected chi connectivity index (χ3v) is 4.17. The first-order chi connectivity index (χ1) is 8.79. The molecule has 4 nitrogen and oxygen atoms in total. The summed E-state index contributed by atoms with van der Waals surface area (Å²) in [5.41, 5.74) is 0. The molecule has 18 heavy (non-hydrogen) atoms. The Bertz CT molecular complexity index is 310. The fourth-order valence-electron chi connectivity index (χ4n) is 2.92. The highest BCUT2D eigenvalue weighted by Crippen LogP contribution is 2.27. The van der Waals surface area contributed by atoms with Crippen LogP contribution in [0.15, 0.2) is 0 Å². The van der Waals surface area contributed by atoms with Gasteiger partial charge in [-0.2, -0.15) is 5.26 Å². The molecule has 1 heterocycles. The van der Waals surface area contributed by atoms with E-state index in [0.29, 0.717) is 31.6 Å². The molecule has 2 rings (SSSR count). The second-order valence-electron chi connectivity index (χ2n) is 5.48. The maximum absolute atomic E-state index is 12.1. The summed E-state index contributed by atoms with van der Waals surface area (Å²) in [6.07, 6.45) is 6.59. The second kappa shape index (κ2) is 6.75. The highest BCUT2D eigenvalue weighted by atomic mass is 16.5. The smallest absolute Gasteiger partial charge is 0.223 e. The van der Waals surface area contributed by atoms with Gasteiger partial charge < -0.3 is 10.1 Å². The first kappa shape index (κ1) is 13.4. The molecule has 0 bridgehead atoms. The lowest BCUT2D eigenvalue weighted by atomic mass is 9.84. The first-order valence-corrected chi connectivity index (χ1v) is 7.04. The van der Waals surface area contributed by atoms with Crippen LogP contribution in [0.1, 0.15) is 44.9 Å². The first-order valence-electron chi connectivity index (χ1n) is 7.04. The van der Waals surface area contributed by atoms with Gasteiger partial charge in [0.25, 0.3) is 0 Å². The van der Waals surface area contributed by atoms with Crippen LogP contribution in [0.3, 0.4) is 0 Å². The minimum Gasteiger partial charge on any atom is -0.381 e. The summed E-state index contributed by atoms with van der Waals surface area (Å²) in [6.45, 7) is 1.43. The van der Waals surface area contributed by atoms with E-state index in [-0.39, 0.29) is 11.8 Å². The fourth-order valence-corrected chi connectivity index (χ4v) is 2.92. The van der Waals surface area contributed by atoms with Gasteiger partial charge >= 0.3 is 0 Å². The SMILES string of the molecule is N#CCC1CCC(NC(=O)C2CCOCC2)CC1. The Balaban J connectivity index is 1.70. The normalized spacial score (nSPS) is 29.5. The number of nitrogens with one attached hydrogen (secondary N) is 1. The largest absolute Gasteiger partial charge is 0.381 e. The third kappa shape index (κ3) is 3.71. The van der Waals surface area contributed by atoms with Crippen LogP contribution in [-0.4, -0.2) is 25.2 Å². The summed E-state index contributed by atoms with van der Waals surface area (Å²) in [5, 5.41) is 11.8. The van der Waals surface area contributed by atoms with E-state index in [1.807, 2.05) is 0 Å². The van der Waals surface area contributed by atoms with E-state index in [4.69, 9.17) is 10.00 Å². The number of rotatable bonds is 3. The van der Waals surface area contributed by atoms with Crippen molar-refractivity contribution in [3.63, 3.8) is 0 Å². The number of amides is 1. The van der Waals surface area contributed by atoms with Crippen molar-refractivity contribution < 1.29 is 9.53 Å². The zero-order valence-corrected chi connectivity index (χ0v) is 10.9. The van der Waals surface area contributed by atoms with E-state index in [1.165, 1.54) is 0 Å². The van der Waals surface area contributed by atoms with Gasteiger partial charge in [-0.3, -0.25) is 4.79 Å². The molecular weight excluding hydrogens is 228 g/mol. The molecular formula is C14H22N2O2. The average molecular weight is 250 g/mol. The number of nitrogens with zero attached hydrogens (tertiary/aromatic N) is 1. The van der Waals surface area contributed by atoms with Crippen LogP contribution in [0.25, 0.3) is 0 Å². The van der Waals surface area contributed by atoms with Crippen molar-refractivity contribution in [2.45, 2.75) is 51.0 Å². The Kier molecular flexibility index (Phi) is 5.00. The van der Waals surface area contributed by atoms with E-state index >= 15 is 0 Å². The van der Waals surface area contributed by atoms with Crippen LogP contribution in [0.4, 0.5) is 0 Å². The number of hydrogen-bond donors (Lipinski definition) is 1. The Hall–Kier alpha value is -1.08. The lowest BCUT2D eigenvalue weighted by Gasteiger charge is -2.30. The molecule has 0 atom stereocenters. The van der Waals surface area contributed by atoms with Crippen molar-refractivity contribution in [2.75, 3.05) is 13.2 Å². The molecule has 1 saturated heterocycles. The molecule has 1 saturated carbocycles. The summed E-state index contributed by atoms with van der Waals surface area (Å²) in [5.74, 6) is 0.906. The molecule has 1 aliphatic heterocycles. The molecule has 1 aliphatic carbocycles. The van der Waals surface area contributed by atoms with Gasteiger partial charge in [0, 0.05) is 31.6 Å². The molecule has 0 aromatic rings. The molecule has 0 aromatic heterocycles. The van der Waals surface area contributed by atoms with Gasteiger partial charge in [0.2, 0.25) is 5.91 Å². The van der Waals surface area contributed by atoms with Crippen LogP contribution in [0, 0.1) is 23.2 Å². The maximum atomic E-state index is 12.1. The van der Waals surface area contributed by atoms with Crippen molar-refractivity contribution >= 4 is 5.91 Å². The van der Waals surface area contributed by atoms with Crippen LogP contribution in [0.2, 0.25) is 0 Å². The predicted octanol–water partition coefficient (Wildman–Crippen LogP) is 2.00. The Morgan fingerprint density at radius 3 is 2.44 bits per heavy atom. The van der Waals surface area contributed by atoms with Gasteiger partial charge in [0.15, 0.2) is 0 Å². The van der Waals surface area contributed by atoms with E-state index in [9.17, 15) is 4.79 Å². The highest BCUT2D eigenvalue weighted by Gasteiger charge is 2.26. The van der Waals surface area contributed by atoms with E-state index in [1.54, 1.807) is 0 Å². The van der Waals surface area contributed by atoms with Crippen LogP contribution in [0.5, 0.6) is 0 Å². The van der Waals surface area contributed by atoms with Gasteiger partial charge in [-0.1, -0.05) is 0 Å². The number of carbonyl (C=O) groups excluding carboxylic acids is 1. The molecule has 2 aliphatic rings. The van der Waals surface area contributed by atoms with Crippen LogP contribution in [-0.2, 0) is 9.53 Å². The lowest BCUT2D eigenvalue weighted by Crippen LogP contribution is -2.42. The van der Waals surface area contributed by atoms with Gasteiger partial charge in [0.05, 0.1) is 6.07 Å². The molecule has 2 fully saturated rings. The van der Waals surface area contributed by atoms with E-state index in [2.05, 4.69) is 11.4 Å². The molecule has 0 aromatic carbocycles. The van der Waals surface area contributed by atoms with Gasteiger partial charge in [-0.25, -0.2) is 0 Å². The lowest BCUT2D eigenvalue weighted by molar-refractivity contribution is -0.128. The zero-order valence-electron chi connectivity index (χ0n) is 10.9. The molecule has 100 valence electrons. The summed E-state index contributed by atoms with van der Waals surface area (Å²) < 4.78 is 5.27. The number of carbonyl (C=O) groups is 1. The summed E-state index contributed by atoms with van der Waals surface area (Å²) in [6, 6.07) is 2.57. The Morgan fingerprint density at radius 2 is 1.83 bits per heavy atom. The fraction of sp³-hybridized carbons (Fsp3) is 0.857. The monoisotopic (exact) mass is 250 g/mol. The highest BCUT2D eigenvalue weighted by molar-refractivity contribution is 5.79. The molecule has 0 radical (unpaired) electrons. The van der Waals surface area contributed by atoms with Gasteiger partial charge in [-0.15, -0.1) is 0 Å². The molecule has 0 unspecified atom stereocenters. The topological polar surface area (TPSA) is 62.1 Å². The molecule has 0 spiro atoms. The predicted molar refractivity (Wildman–Crippen MR) is 67.7 cm³/mol. The van der Waals surface area contributed by atoms with Crippen molar-refractivity contribution in [1.29, 1.82) is 5.26 Å². The van der Waals surface area contributed by atoms with Crippen molar-refractivity contribution in [3.8, 4) is 6.07 Å².